The largest absolute Gasteiger partial charge is 0.496 e. The van der Waals surface area contributed by atoms with Gasteiger partial charge in [-0.05, 0) is 43.2 Å². The van der Waals surface area contributed by atoms with E-state index in [1.165, 1.54) is 13.2 Å². The standard InChI is InChI=1S/C20H18N2O4/c1-12-8-9-13(2)16(10-12)22-19(24)15(18(23)21-20(22)25)11-14-6-4-5-7-17(14)26-3/h4-11H,1-3H3,(H,21,23,25)/b15-11+. The van der Waals surface area contributed by atoms with Gasteiger partial charge in [-0.15, -0.1) is 0 Å². The lowest BCUT2D eigenvalue weighted by Gasteiger charge is -2.27. The second-order valence-corrected chi connectivity index (χ2v) is 5.99. The molecular formula is C20H18N2O4. The molecule has 1 aliphatic heterocycles. The van der Waals surface area contributed by atoms with Crippen LogP contribution in [0.15, 0.2) is 48.0 Å². The number of hydrogen-bond acceptors (Lipinski definition) is 4. The summed E-state index contributed by atoms with van der Waals surface area (Å²) in [6, 6.07) is 11.7. The average Bonchev–Trinajstić information content (AvgIpc) is 2.61. The van der Waals surface area contributed by atoms with Crippen molar-refractivity contribution in [2.45, 2.75) is 13.8 Å². The highest BCUT2D eigenvalue weighted by molar-refractivity contribution is 6.39. The predicted molar refractivity (Wildman–Crippen MR) is 97.9 cm³/mol. The van der Waals surface area contributed by atoms with Crippen molar-refractivity contribution in [2.24, 2.45) is 0 Å². The molecule has 6 heteroatoms. The Morgan fingerprint density at radius 1 is 1.04 bits per heavy atom. The Kier molecular flexibility index (Phi) is 4.58. The summed E-state index contributed by atoms with van der Waals surface area (Å²) in [5.74, 6) is -0.874. The molecule has 0 bridgehead atoms. The first-order chi connectivity index (χ1) is 12.4. The number of methoxy groups -OCH3 is 1. The van der Waals surface area contributed by atoms with Crippen LogP contribution in [-0.2, 0) is 9.59 Å². The quantitative estimate of drug-likeness (QED) is 0.682. The molecule has 2 aromatic carbocycles. The van der Waals surface area contributed by atoms with E-state index in [1.54, 1.807) is 37.3 Å². The number of para-hydroxylation sites is 1. The number of aryl methyl sites for hydroxylation is 2. The molecule has 0 aromatic heterocycles. The molecule has 1 fully saturated rings. The molecule has 0 radical (unpaired) electrons. The van der Waals surface area contributed by atoms with Crippen LogP contribution in [0.4, 0.5) is 10.5 Å². The summed E-state index contributed by atoms with van der Waals surface area (Å²) in [5, 5.41) is 2.23. The molecule has 1 heterocycles. The van der Waals surface area contributed by atoms with Gasteiger partial charge in [0.1, 0.15) is 11.3 Å². The van der Waals surface area contributed by atoms with Gasteiger partial charge < -0.3 is 4.74 Å². The van der Waals surface area contributed by atoms with Crippen molar-refractivity contribution >= 4 is 29.6 Å². The van der Waals surface area contributed by atoms with Gasteiger partial charge in [0.2, 0.25) is 0 Å². The number of urea groups is 1. The van der Waals surface area contributed by atoms with Gasteiger partial charge in [-0.1, -0.05) is 30.3 Å². The number of barbiturate groups is 1. The second kappa shape index (κ2) is 6.84. The van der Waals surface area contributed by atoms with Gasteiger partial charge in [0.15, 0.2) is 0 Å². The van der Waals surface area contributed by atoms with Crippen LogP contribution in [-0.4, -0.2) is 25.0 Å². The predicted octanol–water partition coefficient (Wildman–Crippen LogP) is 2.98. The van der Waals surface area contributed by atoms with Crippen LogP contribution in [0.1, 0.15) is 16.7 Å². The highest BCUT2D eigenvalue weighted by Gasteiger charge is 2.37. The molecule has 132 valence electrons. The third-order valence-corrected chi connectivity index (χ3v) is 4.15. The van der Waals surface area contributed by atoms with Gasteiger partial charge in [-0.3, -0.25) is 14.9 Å². The van der Waals surface area contributed by atoms with E-state index in [1.807, 2.05) is 19.1 Å². The first kappa shape index (κ1) is 17.4. The normalized spacial score (nSPS) is 16.0. The summed E-state index contributed by atoms with van der Waals surface area (Å²) in [4.78, 5) is 38.5. The van der Waals surface area contributed by atoms with Crippen LogP contribution in [0.5, 0.6) is 5.75 Å². The molecule has 1 saturated heterocycles. The first-order valence-electron chi connectivity index (χ1n) is 8.04. The van der Waals surface area contributed by atoms with Gasteiger partial charge in [-0.25, -0.2) is 9.69 Å². The Morgan fingerprint density at radius 3 is 2.50 bits per heavy atom. The number of amides is 4. The fourth-order valence-corrected chi connectivity index (χ4v) is 2.78. The van der Waals surface area contributed by atoms with Crippen LogP contribution in [0.2, 0.25) is 0 Å². The second-order valence-electron chi connectivity index (χ2n) is 5.99. The van der Waals surface area contributed by atoms with E-state index in [9.17, 15) is 14.4 Å². The number of benzene rings is 2. The maximum Gasteiger partial charge on any atom is 0.335 e. The highest BCUT2D eigenvalue weighted by Crippen LogP contribution is 2.27. The summed E-state index contributed by atoms with van der Waals surface area (Å²) in [5.41, 5.74) is 2.55. The molecule has 0 unspecified atom stereocenters. The minimum atomic E-state index is -0.758. The fraction of sp³-hybridized carbons (Fsp3) is 0.150. The third kappa shape index (κ3) is 3.09. The van der Waals surface area contributed by atoms with Gasteiger partial charge in [-0.2, -0.15) is 0 Å². The molecule has 0 spiro atoms. The molecular weight excluding hydrogens is 332 g/mol. The van der Waals surface area contributed by atoms with Crippen LogP contribution in [0, 0.1) is 13.8 Å². The summed E-state index contributed by atoms with van der Waals surface area (Å²) in [6.45, 7) is 3.67. The number of nitrogens with one attached hydrogen (secondary N) is 1. The molecule has 3 rings (SSSR count). The van der Waals surface area contributed by atoms with Crippen LogP contribution in [0.3, 0.4) is 0 Å². The maximum absolute atomic E-state index is 12.9. The zero-order valence-corrected chi connectivity index (χ0v) is 14.7. The van der Waals surface area contributed by atoms with Crippen molar-refractivity contribution in [2.75, 3.05) is 12.0 Å². The number of carbonyl (C=O) groups excluding carboxylic acids is 3. The number of rotatable bonds is 3. The Labute approximate surface area is 151 Å². The lowest BCUT2D eigenvalue weighted by Crippen LogP contribution is -2.54. The first-order valence-corrected chi connectivity index (χ1v) is 8.04. The van der Waals surface area contributed by atoms with Crippen molar-refractivity contribution in [3.8, 4) is 5.75 Å². The van der Waals surface area contributed by atoms with E-state index in [2.05, 4.69) is 5.32 Å². The summed E-state index contributed by atoms with van der Waals surface area (Å²) >= 11 is 0. The zero-order chi connectivity index (χ0) is 18.8. The number of carbonyl (C=O) groups is 3. The van der Waals surface area contributed by atoms with Gasteiger partial charge in [0.25, 0.3) is 11.8 Å². The van der Waals surface area contributed by atoms with Crippen molar-refractivity contribution in [1.82, 2.24) is 5.32 Å². The Balaban J connectivity index is 2.09. The van der Waals surface area contributed by atoms with Crippen molar-refractivity contribution in [3.05, 3.63) is 64.7 Å². The zero-order valence-electron chi connectivity index (χ0n) is 14.7. The molecule has 2 aromatic rings. The minimum Gasteiger partial charge on any atom is -0.496 e. The Hall–Kier alpha value is -3.41. The van der Waals surface area contributed by atoms with Crippen molar-refractivity contribution < 1.29 is 19.1 Å². The molecule has 4 amide bonds. The number of imide groups is 2. The highest BCUT2D eigenvalue weighted by atomic mass is 16.5. The summed E-state index contributed by atoms with van der Waals surface area (Å²) < 4.78 is 5.26. The molecule has 1 aliphatic rings. The average molecular weight is 350 g/mol. The minimum absolute atomic E-state index is 0.130. The van der Waals surface area contributed by atoms with E-state index >= 15 is 0 Å². The Bertz CT molecular complexity index is 947. The molecule has 26 heavy (non-hydrogen) atoms. The van der Waals surface area contributed by atoms with E-state index in [0.717, 1.165) is 16.0 Å². The van der Waals surface area contributed by atoms with E-state index in [-0.39, 0.29) is 5.57 Å². The third-order valence-electron chi connectivity index (χ3n) is 4.15. The number of hydrogen-bond donors (Lipinski definition) is 1. The lowest BCUT2D eigenvalue weighted by atomic mass is 10.0. The smallest absolute Gasteiger partial charge is 0.335 e. The number of anilines is 1. The lowest BCUT2D eigenvalue weighted by molar-refractivity contribution is -0.122. The Morgan fingerprint density at radius 2 is 1.77 bits per heavy atom. The van der Waals surface area contributed by atoms with Gasteiger partial charge in [0.05, 0.1) is 12.8 Å². The van der Waals surface area contributed by atoms with Gasteiger partial charge >= 0.3 is 6.03 Å². The van der Waals surface area contributed by atoms with Gasteiger partial charge in [0, 0.05) is 5.56 Å². The van der Waals surface area contributed by atoms with Crippen molar-refractivity contribution in [1.29, 1.82) is 0 Å². The summed E-state index contributed by atoms with van der Waals surface area (Å²) in [6.07, 6.45) is 1.43. The SMILES string of the molecule is COc1ccccc1/C=C1\C(=O)NC(=O)N(c2cc(C)ccc2C)C1=O. The van der Waals surface area contributed by atoms with Crippen LogP contribution >= 0.6 is 0 Å². The monoisotopic (exact) mass is 350 g/mol. The maximum atomic E-state index is 12.9. The molecule has 1 N–H and O–H groups in total. The number of ether oxygens (including phenoxy) is 1. The molecule has 0 aliphatic carbocycles. The van der Waals surface area contributed by atoms with Crippen LogP contribution < -0.4 is 15.0 Å². The molecule has 0 atom stereocenters. The van der Waals surface area contributed by atoms with E-state index in [4.69, 9.17) is 4.74 Å². The number of nitrogens with zero attached hydrogens (tertiary/aromatic N) is 1. The topological polar surface area (TPSA) is 75.7 Å². The summed E-state index contributed by atoms with van der Waals surface area (Å²) in [7, 11) is 1.51. The molecule has 0 saturated carbocycles. The molecule has 6 nitrogen and oxygen atoms in total. The van der Waals surface area contributed by atoms with Crippen LogP contribution in [0.25, 0.3) is 6.08 Å². The van der Waals surface area contributed by atoms with E-state index < -0.39 is 17.8 Å². The van der Waals surface area contributed by atoms with Crippen molar-refractivity contribution in [3.63, 3.8) is 0 Å². The fourth-order valence-electron chi connectivity index (χ4n) is 2.78. The van der Waals surface area contributed by atoms with E-state index in [0.29, 0.717) is 17.0 Å².